The van der Waals surface area contributed by atoms with Crippen molar-refractivity contribution in [2.24, 2.45) is 0 Å². The van der Waals surface area contributed by atoms with Crippen LogP contribution in [0.4, 0.5) is 0 Å². The van der Waals surface area contributed by atoms with Crippen LogP contribution in [0, 0.1) is 0 Å². The first kappa shape index (κ1) is 27.4. The monoisotopic (exact) mass is 400 g/mol. The molecule has 28 heavy (non-hydrogen) atoms. The first-order valence-corrected chi connectivity index (χ1v) is 12.0. The van der Waals surface area contributed by atoms with E-state index in [1.54, 1.807) is 0 Å². The summed E-state index contributed by atoms with van der Waals surface area (Å²) in [5.41, 5.74) is 0. The molecule has 0 atom stereocenters. The Balaban J connectivity index is 3.25. The molecule has 0 fully saturated rings. The van der Waals surface area contributed by atoms with E-state index in [4.69, 9.17) is 10.2 Å². The van der Waals surface area contributed by atoms with Crippen LogP contribution >= 0.6 is 0 Å². The Morgan fingerprint density at radius 2 is 1.21 bits per heavy atom. The average molecular weight is 401 g/mol. The highest BCUT2D eigenvalue weighted by Gasteiger charge is 2.06. The molecule has 0 aliphatic heterocycles. The lowest BCUT2D eigenvalue weighted by Gasteiger charge is -2.20. The predicted octanol–water partition coefficient (Wildman–Crippen LogP) is 4.83. The van der Waals surface area contributed by atoms with Gasteiger partial charge in [-0.05, 0) is 13.0 Å². The van der Waals surface area contributed by atoms with Crippen molar-refractivity contribution >= 4 is 5.97 Å². The molecule has 0 aliphatic carbocycles. The minimum Gasteiger partial charge on any atom is -0.481 e. The molecule has 5 nitrogen and oxygen atoms in total. The zero-order valence-corrected chi connectivity index (χ0v) is 18.6. The van der Waals surface area contributed by atoms with Crippen LogP contribution in [-0.4, -0.2) is 60.4 Å². The van der Waals surface area contributed by atoms with Gasteiger partial charge in [-0.3, -0.25) is 9.69 Å². The van der Waals surface area contributed by atoms with Crippen LogP contribution in [0.1, 0.15) is 103 Å². The highest BCUT2D eigenvalue weighted by molar-refractivity contribution is 5.66. The van der Waals surface area contributed by atoms with E-state index in [1.807, 2.05) is 4.90 Å². The summed E-state index contributed by atoms with van der Waals surface area (Å²) in [6, 6.07) is 0. The van der Waals surface area contributed by atoms with Crippen LogP contribution in [0.15, 0.2) is 0 Å². The molecule has 0 saturated heterocycles. The Bertz CT molecular complexity index is 327. The van der Waals surface area contributed by atoms with Crippen molar-refractivity contribution in [2.45, 2.75) is 103 Å². The van der Waals surface area contributed by atoms with Crippen molar-refractivity contribution in [3.63, 3.8) is 0 Å². The maximum absolute atomic E-state index is 10.6. The summed E-state index contributed by atoms with van der Waals surface area (Å²) in [7, 11) is 0. The number of carbonyl (C=O) groups is 1. The molecule has 3 N–H and O–H groups in total. The molecule has 168 valence electrons. The average Bonchev–Trinajstić information content (AvgIpc) is 2.68. The fraction of sp³-hybridized carbons (Fsp3) is 0.957. The van der Waals surface area contributed by atoms with Gasteiger partial charge in [0.25, 0.3) is 0 Å². The number of nitrogens with zero attached hydrogens (tertiary/aromatic N) is 1. The van der Waals surface area contributed by atoms with Crippen LogP contribution in [0.5, 0.6) is 0 Å². The predicted molar refractivity (Wildman–Crippen MR) is 119 cm³/mol. The molecule has 5 heteroatoms. The third kappa shape index (κ3) is 21.6. The van der Waals surface area contributed by atoms with Crippen molar-refractivity contribution < 1.29 is 15.0 Å². The molecule has 0 rings (SSSR count). The lowest BCUT2D eigenvalue weighted by atomic mass is 10.0. The number of aliphatic carboxylic acids is 1. The van der Waals surface area contributed by atoms with Crippen LogP contribution < -0.4 is 5.32 Å². The third-order valence-electron chi connectivity index (χ3n) is 5.37. The summed E-state index contributed by atoms with van der Waals surface area (Å²) >= 11 is 0. The summed E-state index contributed by atoms with van der Waals surface area (Å²) < 4.78 is 0. The zero-order valence-electron chi connectivity index (χ0n) is 18.6. The summed E-state index contributed by atoms with van der Waals surface area (Å²) in [5.74, 6) is -0.779. The Labute approximate surface area is 174 Å². The Hall–Kier alpha value is -0.650. The molecule has 0 aliphatic rings. The van der Waals surface area contributed by atoms with E-state index >= 15 is 0 Å². The number of carboxylic acids is 1. The highest BCUT2D eigenvalue weighted by atomic mass is 16.4. The number of nitrogens with one attached hydrogen (secondary N) is 1. The Kier molecular flexibility index (Phi) is 22.1. The van der Waals surface area contributed by atoms with Gasteiger partial charge >= 0.3 is 5.97 Å². The van der Waals surface area contributed by atoms with Crippen molar-refractivity contribution in [3.05, 3.63) is 0 Å². The second kappa shape index (κ2) is 22.6. The largest absolute Gasteiger partial charge is 0.481 e. The van der Waals surface area contributed by atoms with Gasteiger partial charge in [-0.2, -0.15) is 0 Å². The summed E-state index contributed by atoms with van der Waals surface area (Å²) in [5, 5.41) is 21.2. The van der Waals surface area contributed by atoms with Crippen molar-refractivity contribution in [1.82, 2.24) is 10.2 Å². The maximum Gasteiger partial charge on any atom is 0.304 e. The minimum atomic E-state index is -0.779. The summed E-state index contributed by atoms with van der Waals surface area (Å²) in [6.07, 6.45) is 19.5. The first-order chi connectivity index (χ1) is 13.7. The van der Waals surface area contributed by atoms with Gasteiger partial charge in [0, 0.05) is 26.2 Å². The number of unbranched alkanes of at least 4 members (excludes halogenated alkanes) is 13. The number of hydrogen-bond donors (Lipinski definition) is 3. The van der Waals surface area contributed by atoms with Gasteiger partial charge in [0.1, 0.15) is 0 Å². The second-order valence-electron chi connectivity index (χ2n) is 8.06. The molecular weight excluding hydrogens is 352 g/mol. The van der Waals surface area contributed by atoms with Crippen molar-refractivity contribution in [2.75, 3.05) is 39.3 Å². The van der Waals surface area contributed by atoms with Crippen molar-refractivity contribution in [1.29, 1.82) is 0 Å². The Morgan fingerprint density at radius 1 is 0.714 bits per heavy atom. The van der Waals surface area contributed by atoms with Gasteiger partial charge in [0.15, 0.2) is 0 Å². The van der Waals surface area contributed by atoms with Gasteiger partial charge in [0.05, 0.1) is 13.0 Å². The van der Waals surface area contributed by atoms with Crippen LogP contribution in [-0.2, 0) is 4.79 Å². The van der Waals surface area contributed by atoms with E-state index in [-0.39, 0.29) is 13.0 Å². The fourth-order valence-electron chi connectivity index (χ4n) is 3.54. The van der Waals surface area contributed by atoms with E-state index in [9.17, 15) is 4.79 Å². The van der Waals surface area contributed by atoms with Gasteiger partial charge in [-0.1, -0.05) is 90.4 Å². The molecule has 0 spiro atoms. The van der Waals surface area contributed by atoms with Crippen LogP contribution in [0.2, 0.25) is 0 Å². The molecule has 0 amide bonds. The number of hydrogen-bond acceptors (Lipinski definition) is 4. The minimum absolute atomic E-state index is 0.0819. The summed E-state index contributed by atoms with van der Waals surface area (Å²) in [4.78, 5) is 12.6. The first-order valence-electron chi connectivity index (χ1n) is 12.0. The molecular formula is C23H48N2O3. The van der Waals surface area contributed by atoms with Gasteiger partial charge in [-0.15, -0.1) is 0 Å². The Morgan fingerprint density at radius 3 is 1.68 bits per heavy atom. The molecule has 0 radical (unpaired) electrons. The van der Waals surface area contributed by atoms with Crippen LogP contribution in [0.3, 0.4) is 0 Å². The zero-order chi connectivity index (χ0) is 20.7. The van der Waals surface area contributed by atoms with E-state index in [0.717, 1.165) is 19.6 Å². The molecule has 0 unspecified atom stereocenters. The van der Waals surface area contributed by atoms with Crippen LogP contribution in [0.25, 0.3) is 0 Å². The number of carboxylic acid groups (broad SMARTS) is 1. The van der Waals surface area contributed by atoms with E-state index in [0.29, 0.717) is 13.1 Å². The normalized spacial score (nSPS) is 11.4. The molecule has 0 saturated carbocycles. The molecule has 0 aromatic heterocycles. The standard InChI is InChI=1S/C23H48N2O3/c1-2-3-4-5-6-7-8-9-10-11-12-13-14-15-17-24-18-20-25(21-22-26)19-16-23(27)28/h24,26H,2-22H2,1H3,(H,27,28). The van der Waals surface area contributed by atoms with E-state index < -0.39 is 5.97 Å². The topological polar surface area (TPSA) is 72.8 Å². The molecule has 0 bridgehead atoms. The molecule has 0 heterocycles. The third-order valence-corrected chi connectivity index (χ3v) is 5.37. The molecule has 0 aromatic carbocycles. The summed E-state index contributed by atoms with van der Waals surface area (Å²) in [6.45, 7) is 6.11. The van der Waals surface area contributed by atoms with Gasteiger partial charge in [0.2, 0.25) is 0 Å². The van der Waals surface area contributed by atoms with E-state index in [1.165, 1.54) is 89.9 Å². The number of aliphatic hydroxyl groups is 1. The SMILES string of the molecule is CCCCCCCCCCCCCCCCNCCN(CCO)CCC(=O)O. The highest BCUT2D eigenvalue weighted by Crippen LogP contribution is 2.12. The lowest BCUT2D eigenvalue weighted by Crippen LogP contribution is -2.35. The number of aliphatic hydroxyl groups excluding tert-OH is 1. The smallest absolute Gasteiger partial charge is 0.304 e. The second-order valence-corrected chi connectivity index (χ2v) is 8.06. The maximum atomic E-state index is 10.6. The van der Waals surface area contributed by atoms with E-state index in [2.05, 4.69) is 12.2 Å². The fourth-order valence-corrected chi connectivity index (χ4v) is 3.54. The number of rotatable bonds is 23. The molecule has 0 aromatic rings. The van der Waals surface area contributed by atoms with Gasteiger partial charge in [-0.25, -0.2) is 0 Å². The quantitative estimate of drug-likeness (QED) is 0.214. The lowest BCUT2D eigenvalue weighted by molar-refractivity contribution is -0.137. The van der Waals surface area contributed by atoms with Crippen molar-refractivity contribution in [3.8, 4) is 0 Å². The van der Waals surface area contributed by atoms with Gasteiger partial charge < -0.3 is 15.5 Å².